The molecule has 0 bridgehead atoms. The average molecular weight is 190 g/mol. The number of nitrogens with one attached hydrogen (secondary N) is 1. The molecule has 0 saturated heterocycles. The number of anilines is 1. The maximum Gasteiger partial charge on any atom is 0.339 e. The zero-order valence-corrected chi connectivity index (χ0v) is 7.78. The van der Waals surface area contributed by atoms with Crippen molar-refractivity contribution in [1.29, 1.82) is 0 Å². The van der Waals surface area contributed by atoms with Crippen molar-refractivity contribution in [2.45, 2.75) is 0 Å². The highest BCUT2D eigenvalue weighted by molar-refractivity contribution is 6.02. The monoisotopic (exact) mass is 190 g/mol. The fourth-order valence-electron chi connectivity index (χ4n) is 1.42. The van der Waals surface area contributed by atoms with Crippen molar-refractivity contribution < 1.29 is 9.53 Å². The van der Waals surface area contributed by atoms with Crippen LogP contribution in [0.4, 0.5) is 5.69 Å². The van der Waals surface area contributed by atoms with Gasteiger partial charge in [-0.25, -0.2) is 4.79 Å². The average Bonchev–Trinajstić information content (AvgIpc) is 2.27. The van der Waals surface area contributed by atoms with Crippen molar-refractivity contribution in [1.82, 2.24) is 0 Å². The molecule has 1 aliphatic rings. The summed E-state index contributed by atoms with van der Waals surface area (Å²) in [7, 11) is 1.37. The van der Waals surface area contributed by atoms with E-state index in [2.05, 4.69) is 15.0 Å². The second-order valence-electron chi connectivity index (χ2n) is 2.91. The molecule has 1 aromatic carbocycles. The van der Waals surface area contributed by atoms with Gasteiger partial charge >= 0.3 is 5.97 Å². The number of esters is 1. The molecule has 0 saturated carbocycles. The van der Waals surface area contributed by atoms with E-state index in [0.717, 1.165) is 11.3 Å². The largest absolute Gasteiger partial charge is 0.465 e. The lowest BCUT2D eigenvalue weighted by Gasteiger charge is -2.15. The lowest BCUT2D eigenvalue weighted by atomic mass is 10.1. The molecule has 1 N–H and O–H groups in total. The Bertz CT molecular complexity index is 399. The van der Waals surface area contributed by atoms with E-state index in [1.807, 2.05) is 12.1 Å². The topological polar surface area (TPSA) is 50.7 Å². The number of para-hydroxylation sites is 1. The summed E-state index contributed by atoms with van der Waals surface area (Å²) in [6, 6.07) is 5.44. The van der Waals surface area contributed by atoms with Crippen molar-refractivity contribution in [3.63, 3.8) is 0 Å². The summed E-state index contributed by atoms with van der Waals surface area (Å²) in [5.74, 6) is -0.329. The molecule has 0 unspecified atom stereocenters. The summed E-state index contributed by atoms with van der Waals surface area (Å²) < 4.78 is 4.68. The lowest BCUT2D eigenvalue weighted by Crippen LogP contribution is -2.13. The molecular weight excluding hydrogens is 180 g/mol. The Morgan fingerprint density at radius 3 is 3.21 bits per heavy atom. The van der Waals surface area contributed by atoms with Gasteiger partial charge in [0.15, 0.2) is 0 Å². The summed E-state index contributed by atoms with van der Waals surface area (Å²) >= 11 is 0. The van der Waals surface area contributed by atoms with E-state index in [1.54, 1.807) is 12.3 Å². The van der Waals surface area contributed by atoms with Gasteiger partial charge in [-0.3, -0.25) is 4.99 Å². The van der Waals surface area contributed by atoms with Gasteiger partial charge in [0.25, 0.3) is 0 Å². The quantitative estimate of drug-likeness (QED) is 0.678. The van der Waals surface area contributed by atoms with Crippen molar-refractivity contribution in [2.24, 2.45) is 4.99 Å². The number of ether oxygens (including phenoxy) is 1. The summed E-state index contributed by atoms with van der Waals surface area (Å²) in [4.78, 5) is 15.4. The third kappa shape index (κ3) is 1.35. The Morgan fingerprint density at radius 2 is 2.43 bits per heavy atom. The number of fused-ring (bicyclic) bond motifs is 1. The van der Waals surface area contributed by atoms with Gasteiger partial charge in [0.2, 0.25) is 0 Å². The van der Waals surface area contributed by atoms with Gasteiger partial charge in [-0.15, -0.1) is 0 Å². The van der Waals surface area contributed by atoms with E-state index in [-0.39, 0.29) is 5.97 Å². The summed E-state index contributed by atoms with van der Waals surface area (Å²) in [6.07, 6.45) is 1.75. The molecule has 0 fully saturated rings. The third-order valence-electron chi connectivity index (χ3n) is 2.08. The van der Waals surface area contributed by atoms with Crippen LogP contribution in [0.3, 0.4) is 0 Å². The number of aliphatic imine (C=N–C) groups is 1. The van der Waals surface area contributed by atoms with E-state index in [1.165, 1.54) is 7.11 Å². The molecule has 0 aromatic heterocycles. The minimum Gasteiger partial charge on any atom is -0.465 e. The van der Waals surface area contributed by atoms with Crippen molar-refractivity contribution in [3.8, 4) is 0 Å². The molecule has 0 aliphatic carbocycles. The first-order valence-corrected chi connectivity index (χ1v) is 4.28. The zero-order chi connectivity index (χ0) is 9.97. The van der Waals surface area contributed by atoms with Gasteiger partial charge in [-0.1, -0.05) is 12.1 Å². The van der Waals surface area contributed by atoms with E-state index < -0.39 is 0 Å². The molecule has 1 aliphatic heterocycles. The second-order valence-corrected chi connectivity index (χ2v) is 2.91. The highest BCUT2D eigenvalue weighted by atomic mass is 16.5. The van der Waals surface area contributed by atoms with Gasteiger partial charge in [0.1, 0.15) is 6.67 Å². The fourth-order valence-corrected chi connectivity index (χ4v) is 1.42. The molecule has 72 valence electrons. The van der Waals surface area contributed by atoms with Crippen LogP contribution in [0.15, 0.2) is 23.2 Å². The van der Waals surface area contributed by atoms with E-state index in [0.29, 0.717) is 12.2 Å². The SMILES string of the molecule is COC(=O)c1cccc2c1NCN=C2. The molecule has 14 heavy (non-hydrogen) atoms. The molecule has 4 heteroatoms. The van der Waals surface area contributed by atoms with Crippen LogP contribution in [-0.4, -0.2) is 26.0 Å². The number of nitrogens with zero attached hydrogens (tertiary/aromatic N) is 1. The highest BCUT2D eigenvalue weighted by Crippen LogP contribution is 2.22. The van der Waals surface area contributed by atoms with Gasteiger partial charge < -0.3 is 10.1 Å². The molecule has 2 rings (SSSR count). The minimum atomic E-state index is -0.329. The van der Waals surface area contributed by atoms with E-state index >= 15 is 0 Å². The fraction of sp³-hybridized carbons (Fsp3) is 0.200. The standard InChI is InChI=1S/C10H10N2O2/c1-14-10(13)8-4-2-3-7-5-11-6-12-9(7)8/h2-5,12H,6H2,1H3. The molecule has 1 aromatic rings. The summed E-state index contributed by atoms with van der Waals surface area (Å²) in [5, 5.41) is 3.05. The molecule has 1 heterocycles. The highest BCUT2D eigenvalue weighted by Gasteiger charge is 2.15. The van der Waals surface area contributed by atoms with Crippen LogP contribution in [0, 0.1) is 0 Å². The Morgan fingerprint density at radius 1 is 1.57 bits per heavy atom. The van der Waals surface area contributed by atoms with E-state index in [4.69, 9.17) is 0 Å². The van der Waals surface area contributed by atoms with Crippen LogP contribution < -0.4 is 5.32 Å². The predicted octanol–water partition coefficient (Wildman–Crippen LogP) is 1.28. The first kappa shape index (κ1) is 8.74. The van der Waals surface area contributed by atoms with Gasteiger partial charge in [-0.2, -0.15) is 0 Å². The van der Waals surface area contributed by atoms with Crippen LogP contribution >= 0.6 is 0 Å². The first-order valence-electron chi connectivity index (χ1n) is 4.28. The number of carbonyl (C=O) groups is 1. The van der Waals surface area contributed by atoms with Gasteiger partial charge in [0.05, 0.1) is 18.4 Å². The summed E-state index contributed by atoms with van der Waals surface area (Å²) in [5.41, 5.74) is 2.27. The van der Waals surface area contributed by atoms with Crippen LogP contribution in [0.2, 0.25) is 0 Å². The normalized spacial score (nSPS) is 12.9. The maximum atomic E-state index is 11.4. The Labute approximate surface area is 81.6 Å². The van der Waals surface area contributed by atoms with Crippen molar-refractivity contribution in [2.75, 3.05) is 19.1 Å². The third-order valence-corrected chi connectivity index (χ3v) is 2.08. The number of hydrogen-bond acceptors (Lipinski definition) is 4. The number of benzene rings is 1. The number of rotatable bonds is 1. The number of methoxy groups -OCH3 is 1. The zero-order valence-electron chi connectivity index (χ0n) is 7.78. The minimum absolute atomic E-state index is 0.329. The van der Waals surface area contributed by atoms with Crippen molar-refractivity contribution in [3.05, 3.63) is 29.3 Å². The molecule has 0 radical (unpaired) electrons. The van der Waals surface area contributed by atoms with Crippen LogP contribution in [0.25, 0.3) is 0 Å². The summed E-state index contributed by atoms with van der Waals surface area (Å²) in [6.45, 7) is 0.501. The Hall–Kier alpha value is -1.84. The Kier molecular flexibility index (Phi) is 2.18. The molecule has 0 amide bonds. The van der Waals surface area contributed by atoms with Gasteiger partial charge in [0, 0.05) is 11.8 Å². The molecule has 4 nitrogen and oxygen atoms in total. The first-order chi connectivity index (χ1) is 6.83. The predicted molar refractivity (Wildman–Crippen MR) is 53.9 cm³/mol. The maximum absolute atomic E-state index is 11.4. The molecule has 0 atom stereocenters. The number of carbonyl (C=O) groups excluding carboxylic acids is 1. The van der Waals surface area contributed by atoms with E-state index in [9.17, 15) is 4.79 Å². The Balaban J connectivity index is 2.51. The van der Waals surface area contributed by atoms with Crippen LogP contribution in [0.5, 0.6) is 0 Å². The lowest BCUT2D eigenvalue weighted by molar-refractivity contribution is 0.0602. The van der Waals surface area contributed by atoms with Crippen molar-refractivity contribution >= 4 is 17.9 Å². The smallest absolute Gasteiger partial charge is 0.339 e. The molecular formula is C10H10N2O2. The van der Waals surface area contributed by atoms with Crippen LogP contribution in [0.1, 0.15) is 15.9 Å². The second kappa shape index (κ2) is 3.49. The molecule has 0 spiro atoms. The van der Waals surface area contributed by atoms with Gasteiger partial charge in [-0.05, 0) is 6.07 Å². The number of hydrogen-bond donors (Lipinski definition) is 1. The van der Waals surface area contributed by atoms with Crippen LogP contribution in [-0.2, 0) is 4.74 Å².